The predicted octanol–water partition coefficient (Wildman–Crippen LogP) is 1.97. The molecule has 0 saturated heterocycles. The van der Waals surface area contributed by atoms with Crippen molar-refractivity contribution in [2.75, 3.05) is 4.72 Å². The van der Waals surface area contributed by atoms with Crippen molar-refractivity contribution in [2.45, 2.75) is 24.8 Å². The molecule has 1 atom stereocenters. The summed E-state index contributed by atoms with van der Waals surface area (Å²) >= 11 is 0. The van der Waals surface area contributed by atoms with Crippen LogP contribution >= 0.6 is 0 Å². The summed E-state index contributed by atoms with van der Waals surface area (Å²) in [6, 6.07) is 8.96. The lowest BCUT2D eigenvalue weighted by Crippen LogP contribution is -2.30. The fourth-order valence-electron chi connectivity index (χ4n) is 2.15. The second-order valence-electron chi connectivity index (χ2n) is 5.51. The van der Waals surface area contributed by atoms with Gasteiger partial charge >= 0.3 is 5.97 Å². The molecule has 0 aliphatic heterocycles. The average molecular weight is 380 g/mol. The van der Waals surface area contributed by atoms with E-state index >= 15 is 0 Å². The van der Waals surface area contributed by atoms with E-state index in [2.05, 4.69) is 4.72 Å². The van der Waals surface area contributed by atoms with E-state index in [1.807, 2.05) is 0 Å². The Morgan fingerprint density at radius 2 is 1.85 bits per heavy atom. The number of anilines is 1. The van der Waals surface area contributed by atoms with Crippen molar-refractivity contribution >= 4 is 27.6 Å². The quantitative estimate of drug-likeness (QED) is 0.744. The Hall–Kier alpha value is -2.94. The summed E-state index contributed by atoms with van der Waals surface area (Å²) in [6.45, 7) is 2.75. The van der Waals surface area contributed by atoms with Gasteiger partial charge in [-0.25, -0.2) is 17.6 Å². The summed E-state index contributed by atoms with van der Waals surface area (Å²) in [4.78, 5) is 23.1. The van der Waals surface area contributed by atoms with E-state index in [1.54, 1.807) is 0 Å². The summed E-state index contributed by atoms with van der Waals surface area (Å²) in [6.07, 6.45) is -1.17. The molecule has 0 saturated carbocycles. The molecule has 2 rings (SSSR count). The number of para-hydroxylation sites is 1. The number of hydrogen-bond donors (Lipinski definition) is 2. The summed E-state index contributed by atoms with van der Waals surface area (Å²) in [5.41, 5.74) is 5.12. The maximum absolute atomic E-state index is 13.2. The minimum atomic E-state index is -4.08. The van der Waals surface area contributed by atoms with Gasteiger partial charge in [0.2, 0.25) is 0 Å². The monoisotopic (exact) mass is 380 g/mol. The van der Waals surface area contributed by atoms with Crippen LogP contribution in [0.5, 0.6) is 0 Å². The van der Waals surface area contributed by atoms with Crippen LogP contribution in [0.4, 0.5) is 10.1 Å². The van der Waals surface area contributed by atoms with E-state index in [-0.39, 0.29) is 21.7 Å². The first-order valence-corrected chi connectivity index (χ1v) is 8.98. The van der Waals surface area contributed by atoms with E-state index in [1.165, 1.54) is 38.1 Å². The average Bonchev–Trinajstić information content (AvgIpc) is 2.54. The normalized spacial score (nSPS) is 12.3. The van der Waals surface area contributed by atoms with Crippen molar-refractivity contribution in [3.8, 4) is 0 Å². The number of halogens is 1. The van der Waals surface area contributed by atoms with E-state index in [0.717, 1.165) is 18.2 Å². The van der Waals surface area contributed by atoms with Crippen molar-refractivity contribution in [1.29, 1.82) is 0 Å². The van der Waals surface area contributed by atoms with Gasteiger partial charge in [-0.05, 0) is 49.7 Å². The highest BCUT2D eigenvalue weighted by molar-refractivity contribution is 7.92. The zero-order chi connectivity index (χ0) is 19.5. The smallest absolute Gasteiger partial charge is 0.341 e. The van der Waals surface area contributed by atoms with Gasteiger partial charge in [-0.15, -0.1) is 0 Å². The molecular formula is C17H17FN2O5S. The van der Waals surface area contributed by atoms with E-state index < -0.39 is 33.8 Å². The van der Waals surface area contributed by atoms with E-state index in [4.69, 9.17) is 10.5 Å². The number of hydrogen-bond acceptors (Lipinski definition) is 5. The van der Waals surface area contributed by atoms with E-state index in [0.29, 0.717) is 0 Å². The van der Waals surface area contributed by atoms with Crippen LogP contribution in [0.3, 0.4) is 0 Å². The number of carbonyl (C=O) groups excluding carboxylic acids is 2. The van der Waals surface area contributed by atoms with Crippen LogP contribution in [-0.2, 0) is 19.6 Å². The Balaban J connectivity index is 2.35. The van der Waals surface area contributed by atoms with Gasteiger partial charge < -0.3 is 10.5 Å². The van der Waals surface area contributed by atoms with Gasteiger partial charge in [-0.2, -0.15) is 0 Å². The molecule has 0 aliphatic carbocycles. The van der Waals surface area contributed by atoms with Crippen molar-refractivity contribution in [2.24, 2.45) is 5.73 Å². The minimum absolute atomic E-state index is 0.0436. The van der Waals surface area contributed by atoms with Crippen molar-refractivity contribution in [3.05, 3.63) is 59.4 Å². The highest BCUT2D eigenvalue weighted by Gasteiger charge is 2.23. The molecule has 1 amide bonds. The Morgan fingerprint density at radius 3 is 2.46 bits per heavy atom. The number of esters is 1. The Bertz CT molecular complexity index is 959. The second kappa shape index (κ2) is 7.52. The van der Waals surface area contributed by atoms with Gasteiger partial charge in [-0.3, -0.25) is 9.52 Å². The van der Waals surface area contributed by atoms with Crippen LogP contribution in [0.2, 0.25) is 0 Å². The number of ether oxygens (including phenoxy) is 1. The van der Waals surface area contributed by atoms with Crippen LogP contribution in [0.15, 0.2) is 47.4 Å². The number of aryl methyl sites for hydroxylation is 1. The summed E-state index contributed by atoms with van der Waals surface area (Å²) in [7, 11) is -4.08. The van der Waals surface area contributed by atoms with Crippen LogP contribution < -0.4 is 10.5 Å². The lowest BCUT2D eigenvalue weighted by atomic mass is 10.2. The Labute approximate surface area is 150 Å². The molecule has 7 nitrogen and oxygen atoms in total. The highest BCUT2D eigenvalue weighted by atomic mass is 32.2. The lowest BCUT2D eigenvalue weighted by molar-refractivity contribution is -0.125. The molecule has 0 spiro atoms. The van der Waals surface area contributed by atoms with E-state index in [9.17, 15) is 22.4 Å². The molecule has 0 radical (unpaired) electrons. The largest absolute Gasteiger partial charge is 0.449 e. The SMILES string of the molecule is Cc1cc(F)ccc1S(=O)(=O)Nc1ccccc1C(=O)O[C@@H](C)C(N)=O. The third kappa shape index (κ3) is 4.37. The van der Waals surface area contributed by atoms with Crippen LogP contribution in [-0.4, -0.2) is 26.4 Å². The first-order chi connectivity index (χ1) is 12.1. The Morgan fingerprint density at radius 1 is 1.19 bits per heavy atom. The standard InChI is InChI=1S/C17H17FN2O5S/c1-10-9-12(18)7-8-15(10)26(23,24)20-14-6-4-3-5-13(14)17(22)25-11(2)16(19)21/h3-9,11,20H,1-2H3,(H2,19,21)/t11-/m0/s1. The Kier molecular flexibility index (Phi) is 5.61. The summed E-state index contributed by atoms with van der Waals surface area (Å²) in [5.74, 6) is -2.31. The van der Waals surface area contributed by atoms with Gasteiger partial charge in [0.15, 0.2) is 6.10 Å². The number of benzene rings is 2. The molecule has 3 N–H and O–H groups in total. The predicted molar refractivity (Wildman–Crippen MR) is 92.5 cm³/mol. The first-order valence-electron chi connectivity index (χ1n) is 7.50. The zero-order valence-electron chi connectivity index (χ0n) is 14.0. The fraction of sp³-hybridized carbons (Fsp3) is 0.176. The van der Waals surface area contributed by atoms with Crippen LogP contribution in [0.1, 0.15) is 22.8 Å². The van der Waals surface area contributed by atoms with Gasteiger partial charge in [0.1, 0.15) is 5.82 Å². The van der Waals surface area contributed by atoms with Crippen LogP contribution in [0.25, 0.3) is 0 Å². The van der Waals surface area contributed by atoms with Gasteiger partial charge in [0, 0.05) is 0 Å². The highest BCUT2D eigenvalue weighted by Crippen LogP contribution is 2.23. The topological polar surface area (TPSA) is 116 Å². The molecule has 2 aromatic carbocycles. The molecule has 0 fully saturated rings. The maximum atomic E-state index is 13.2. The molecule has 26 heavy (non-hydrogen) atoms. The molecule has 0 heterocycles. The molecule has 2 aromatic rings. The first kappa shape index (κ1) is 19.4. The number of sulfonamides is 1. The minimum Gasteiger partial charge on any atom is -0.449 e. The molecule has 0 unspecified atom stereocenters. The number of amides is 1. The number of rotatable bonds is 6. The van der Waals surface area contributed by atoms with Crippen molar-refractivity contribution in [1.82, 2.24) is 0 Å². The molecule has 0 aromatic heterocycles. The van der Waals surface area contributed by atoms with Crippen molar-refractivity contribution in [3.63, 3.8) is 0 Å². The second-order valence-corrected chi connectivity index (χ2v) is 7.16. The lowest BCUT2D eigenvalue weighted by Gasteiger charge is -2.15. The number of nitrogens with two attached hydrogens (primary N) is 1. The summed E-state index contributed by atoms with van der Waals surface area (Å²) in [5, 5.41) is 0. The molecule has 138 valence electrons. The van der Waals surface area contributed by atoms with Crippen LogP contribution in [0, 0.1) is 12.7 Å². The zero-order valence-corrected chi connectivity index (χ0v) is 14.8. The van der Waals surface area contributed by atoms with Gasteiger partial charge in [-0.1, -0.05) is 12.1 Å². The number of carbonyl (C=O) groups is 2. The fourth-order valence-corrected chi connectivity index (χ4v) is 3.45. The van der Waals surface area contributed by atoms with Gasteiger partial charge in [0.05, 0.1) is 16.1 Å². The third-order valence-corrected chi connectivity index (χ3v) is 5.03. The number of primary amides is 1. The van der Waals surface area contributed by atoms with Crippen molar-refractivity contribution < 1.29 is 27.1 Å². The molecule has 0 aliphatic rings. The number of nitrogens with one attached hydrogen (secondary N) is 1. The maximum Gasteiger partial charge on any atom is 0.341 e. The third-order valence-electron chi connectivity index (χ3n) is 3.50. The van der Waals surface area contributed by atoms with Gasteiger partial charge in [0.25, 0.3) is 15.9 Å². The molecule has 9 heteroatoms. The summed E-state index contributed by atoms with van der Waals surface area (Å²) < 4.78 is 45.5. The molecule has 0 bridgehead atoms. The molecular weight excluding hydrogens is 363 g/mol.